The highest BCUT2D eigenvalue weighted by atomic mass is 19.3. The number of methoxy groups -OCH3 is 1. The van der Waals surface area contributed by atoms with Gasteiger partial charge in [-0.25, -0.2) is 18.2 Å². The van der Waals surface area contributed by atoms with Crippen LogP contribution in [0.3, 0.4) is 0 Å². The summed E-state index contributed by atoms with van der Waals surface area (Å²) < 4.78 is 42.2. The third kappa shape index (κ3) is 2.17. The summed E-state index contributed by atoms with van der Waals surface area (Å²) in [7, 11) is 1.05. The van der Waals surface area contributed by atoms with Crippen molar-refractivity contribution in [1.82, 2.24) is 4.98 Å². The van der Waals surface area contributed by atoms with Gasteiger partial charge in [-0.3, -0.25) is 4.79 Å². The molecule has 1 aromatic rings. The van der Waals surface area contributed by atoms with Gasteiger partial charge < -0.3 is 10.5 Å². The van der Waals surface area contributed by atoms with Crippen molar-refractivity contribution in [2.24, 2.45) is 5.73 Å². The van der Waals surface area contributed by atoms with Crippen LogP contribution in [0.4, 0.5) is 13.2 Å². The van der Waals surface area contributed by atoms with Gasteiger partial charge >= 0.3 is 0 Å². The van der Waals surface area contributed by atoms with E-state index in [2.05, 4.69) is 9.72 Å². The SMILES string of the molecule is COc1nc(C(N)=O)cc(C(F)F)c1F. The van der Waals surface area contributed by atoms with Crippen LogP contribution < -0.4 is 10.5 Å². The molecule has 1 rings (SSSR count). The molecule has 0 aliphatic heterocycles. The fourth-order valence-corrected chi connectivity index (χ4v) is 0.945. The minimum atomic E-state index is -3.07. The maximum absolute atomic E-state index is 13.1. The van der Waals surface area contributed by atoms with E-state index in [4.69, 9.17) is 5.73 Å². The molecule has 0 radical (unpaired) electrons. The lowest BCUT2D eigenvalue weighted by Gasteiger charge is -2.07. The maximum atomic E-state index is 13.1. The fraction of sp³-hybridized carbons (Fsp3) is 0.250. The van der Waals surface area contributed by atoms with E-state index in [9.17, 15) is 18.0 Å². The zero-order chi connectivity index (χ0) is 11.6. The van der Waals surface area contributed by atoms with Gasteiger partial charge in [-0.05, 0) is 6.07 Å². The number of halogens is 3. The van der Waals surface area contributed by atoms with Gasteiger partial charge in [-0.1, -0.05) is 0 Å². The number of primary amides is 1. The van der Waals surface area contributed by atoms with Gasteiger partial charge in [0.05, 0.1) is 12.7 Å². The van der Waals surface area contributed by atoms with Gasteiger partial charge in [0.25, 0.3) is 18.2 Å². The number of alkyl halides is 2. The molecule has 4 nitrogen and oxygen atoms in total. The Morgan fingerprint density at radius 3 is 2.60 bits per heavy atom. The van der Waals surface area contributed by atoms with Crippen LogP contribution in [0.5, 0.6) is 5.88 Å². The molecule has 1 heterocycles. The number of amides is 1. The third-order valence-corrected chi connectivity index (χ3v) is 1.64. The fourth-order valence-electron chi connectivity index (χ4n) is 0.945. The second-order valence-corrected chi connectivity index (χ2v) is 2.58. The van der Waals surface area contributed by atoms with E-state index in [1.807, 2.05) is 0 Å². The molecular weight excluding hydrogens is 213 g/mol. The topological polar surface area (TPSA) is 65.2 Å². The lowest BCUT2D eigenvalue weighted by molar-refractivity contribution is 0.0993. The van der Waals surface area contributed by atoms with E-state index in [0.717, 1.165) is 7.11 Å². The van der Waals surface area contributed by atoms with Crippen molar-refractivity contribution in [2.75, 3.05) is 7.11 Å². The van der Waals surface area contributed by atoms with E-state index < -0.39 is 35.3 Å². The molecule has 0 aliphatic rings. The Morgan fingerprint density at radius 1 is 1.60 bits per heavy atom. The molecule has 1 aromatic heterocycles. The van der Waals surface area contributed by atoms with Crippen LogP contribution in [0.15, 0.2) is 6.07 Å². The van der Waals surface area contributed by atoms with Crippen LogP contribution in [0, 0.1) is 5.82 Å². The van der Waals surface area contributed by atoms with Gasteiger partial charge in [0, 0.05) is 0 Å². The summed E-state index contributed by atoms with van der Waals surface area (Å²) in [5.74, 6) is -3.01. The number of carbonyl (C=O) groups is 1. The number of pyridine rings is 1. The molecule has 0 bridgehead atoms. The molecule has 0 fully saturated rings. The Hall–Kier alpha value is -1.79. The molecule has 7 heteroatoms. The van der Waals surface area contributed by atoms with Crippen molar-refractivity contribution in [1.29, 1.82) is 0 Å². The first-order valence-electron chi connectivity index (χ1n) is 3.79. The molecule has 0 saturated carbocycles. The van der Waals surface area contributed by atoms with Crippen molar-refractivity contribution in [3.05, 3.63) is 23.1 Å². The first-order chi connectivity index (χ1) is 6.97. The number of carbonyl (C=O) groups excluding carboxylic acids is 1. The summed E-state index contributed by atoms with van der Waals surface area (Å²) in [5.41, 5.74) is 3.40. The van der Waals surface area contributed by atoms with E-state index in [1.165, 1.54) is 0 Å². The highest BCUT2D eigenvalue weighted by Crippen LogP contribution is 2.27. The molecule has 0 atom stereocenters. The van der Waals surface area contributed by atoms with E-state index >= 15 is 0 Å². The normalized spacial score (nSPS) is 10.5. The quantitative estimate of drug-likeness (QED) is 0.834. The highest BCUT2D eigenvalue weighted by Gasteiger charge is 2.21. The minimum absolute atomic E-state index is 0.469. The first kappa shape index (κ1) is 11.3. The minimum Gasteiger partial charge on any atom is -0.479 e. The maximum Gasteiger partial charge on any atom is 0.267 e. The molecular formula is C8H7F3N2O2. The van der Waals surface area contributed by atoms with Crippen molar-refractivity contribution < 1.29 is 22.7 Å². The average molecular weight is 220 g/mol. The van der Waals surface area contributed by atoms with E-state index in [0.29, 0.717) is 6.07 Å². The molecule has 0 saturated heterocycles. The largest absolute Gasteiger partial charge is 0.479 e. The molecule has 1 amide bonds. The Balaban J connectivity index is 3.38. The van der Waals surface area contributed by atoms with Crippen LogP contribution in [-0.2, 0) is 0 Å². The molecule has 0 spiro atoms. The zero-order valence-electron chi connectivity index (χ0n) is 7.63. The Bertz CT molecular complexity index is 396. The van der Waals surface area contributed by atoms with Gasteiger partial charge in [0.1, 0.15) is 5.69 Å². The van der Waals surface area contributed by atoms with Crippen LogP contribution in [0.2, 0.25) is 0 Å². The number of rotatable bonds is 3. The Kier molecular flexibility index (Phi) is 3.13. The summed E-state index contributed by atoms with van der Waals surface area (Å²) in [5, 5.41) is 0. The van der Waals surface area contributed by atoms with E-state index in [1.54, 1.807) is 0 Å². The molecule has 2 N–H and O–H groups in total. The summed E-state index contributed by atoms with van der Waals surface area (Å²) in [6, 6.07) is 0.602. The average Bonchev–Trinajstić information content (AvgIpc) is 2.17. The second-order valence-electron chi connectivity index (χ2n) is 2.58. The number of nitrogens with zero attached hydrogens (tertiary/aromatic N) is 1. The summed E-state index contributed by atoms with van der Waals surface area (Å²) in [6.45, 7) is 0. The highest BCUT2D eigenvalue weighted by molar-refractivity contribution is 5.91. The van der Waals surface area contributed by atoms with Crippen LogP contribution in [0.1, 0.15) is 22.5 Å². The van der Waals surface area contributed by atoms with Crippen molar-refractivity contribution in [3.63, 3.8) is 0 Å². The third-order valence-electron chi connectivity index (χ3n) is 1.64. The number of aromatic nitrogens is 1. The Morgan fingerprint density at radius 2 is 2.20 bits per heavy atom. The predicted octanol–water partition coefficient (Wildman–Crippen LogP) is 1.27. The number of nitrogens with two attached hydrogens (primary N) is 1. The van der Waals surface area contributed by atoms with Crippen LogP contribution in [0.25, 0.3) is 0 Å². The second kappa shape index (κ2) is 4.16. The number of hydrogen-bond donors (Lipinski definition) is 1. The lowest BCUT2D eigenvalue weighted by atomic mass is 10.2. The summed E-state index contributed by atoms with van der Waals surface area (Å²) in [6.07, 6.45) is -3.07. The molecule has 82 valence electrons. The van der Waals surface area contributed by atoms with Gasteiger partial charge in [0.15, 0.2) is 5.82 Å². The van der Waals surface area contributed by atoms with Crippen molar-refractivity contribution in [2.45, 2.75) is 6.43 Å². The Labute approximate surface area is 82.9 Å². The molecule has 15 heavy (non-hydrogen) atoms. The van der Waals surface area contributed by atoms with E-state index in [-0.39, 0.29) is 0 Å². The van der Waals surface area contributed by atoms with Crippen LogP contribution in [-0.4, -0.2) is 18.0 Å². The summed E-state index contributed by atoms with van der Waals surface area (Å²) >= 11 is 0. The smallest absolute Gasteiger partial charge is 0.267 e. The summed E-state index contributed by atoms with van der Waals surface area (Å²) in [4.78, 5) is 14.0. The van der Waals surface area contributed by atoms with Gasteiger partial charge in [0.2, 0.25) is 0 Å². The standard InChI is InChI=1S/C8H7F3N2O2/c1-15-8-5(9)3(6(10)11)2-4(13-8)7(12)14/h2,6H,1H3,(H2,12,14). The first-order valence-corrected chi connectivity index (χ1v) is 3.79. The lowest BCUT2D eigenvalue weighted by Crippen LogP contribution is -2.15. The molecule has 0 unspecified atom stereocenters. The molecule has 0 aromatic carbocycles. The predicted molar refractivity (Wildman–Crippen MR) is 44.2 cm³/mol. The number of ether oxygens (including phenoxy) is 1. The monoisotopic (exact) mass is 220 g/mol. The zero-order valence-corrected chi connectivity index (χ0v) is 7.63. The number of hydrogen-bond acceptors (Lipinski definition) is 3. The van der Waals surface area contributed by atoms with Crippen molar-refractivity contribution >= 4 is 5.91 Å². The van der Waals surface area contributed by atoms with Crippen LogP contribution >= 0.6 is 0 Å². The van der Waals surface area contributed by atoms with Gasteiger partial charge in [-0.15, -0.1) is 0 Å². The molecule has 0 aliphatic carbocycles. The van der Waals surface area contributed by atoms with Crippen molar-refractivity contribution in [3.8, 4) is 5.88 Å². The van der Waals surface area contributed by atoms with Gasteiger partial charge in [-0.2, -0.15) is 0 Å².